The summed E-state index contributed by atoms with van der Waals surface area (Å²) in [5, 5.41) is 10.7. The minimum absolute atomic E-state index is 0.209. The van der Waals surface area contributed by atoms with Gasteiger partial charge in [0, 0.05) is 0 Å². The molecule has 1 aliphatic rings. The molecule has 1 amide bonds. The number of ether oxygens (including phenoxy) is 1. The number of amides is 1. The number of benzene rings is 1. The average Bonchev–Trinajstić information content (AvgIpc) is 3.07. The zero-order valence-electron chi connectivity index (χ0n) is 11.6. The van der Waals surface area contributed by atoms with Crippen molar-refractivity contribution in [2.75, 3.05) is 6.61 Å². The highest BCUT2D eigenvalue weighted by Crippen LogP contribution is 2.26. The fourth-order valence-electron chi connectivity index (χ4n) is 1.94. The van der Waals surface area contributed by atoms with E-state index in [1.807, 2.05) is 31.2 Å². The van der Waals surface area contributed by atoms with E-state index in [2.05, 4.69) is 15.6 Å². The number of thiocarbonyl (C=S) groups is 1. The lowest BCUT2D eigenvalue weighted by atomic mass is 10.3. The van der Waals surface area contributed by atoms with Crippen molar-refractivity contribution in [2.45, 2.75) is 6.92 Å². The maximum atomic E-state index is 11.6. The van der Waals surface area contributed by atoms with Crippen LogP contribution in [0.25, 0.3) is 11.8 Å². The summed E-state index contributed by atoms with van der Waals surface area (Å²) in [5.74, 6) is 0.516. The van der Waals surface area contributed by atoms with Crippen LogP contribution in [0, 0.1) is 0 Å². The molecule has 1 aromatic carbocycles. The lowest BCUT2D eigenvalue weighted by Crippen LogP contribution is -2.17. The van der Waals surface area contributed by atoms with Gasteiger partial charge >= 0.3 is 0 Å². The molecule has 22 heavy (non-hydrogen) atoms. The first kappa shape index (κ1) is 14.7. The van der Waals surface area contributed by atoms with Crippen LogP contribution in [0.15, 0.2) is 35.4 Å². The Bertz CT molecular complexity index is 770. The van der Waals surface area contributed by atoms with Gasteiger partial charge < -0.3 is 10.1 Å². The number of nitrogens with zero attached hydrogens (tertiary/aromatic N) is 3. The van der Waals surface area contributed by atoms with E-state index < -0.39 is 0 Å². The number of aromatic nitrogens is 3. The maximum absolute atomic E-state index is 11.6. The third-order valence-electron chi connectivity index (χ3n) is 2.84. The number of hydrogen-bond acceptors (Lipinski definition) is 6. The first-order valence-corrected chi connectivity index (χ1v) is 7.79. The standard InChI is InChI=1S/C14H12N4O2S2/c1-2-20-11-6-4-3-5-10(11)18-8-9(16-17-18)7-12-13(19)15-14(21)22-12/h3-8H,2H2,1H3,(H,15,19,21)/b12-7+. The fraction of sp³-hybridized carbons (Fsp3) is 0.143. The Labute approximate surface area is 136 Å². The van der Waals surface area contributed by atoms with E-state index in [0.717, 1.165) is 11.4 Å². The fourth-order valence-corrected chi connectivity index (χ4v) is 2.97. The summed E-state index contributed by atoms with van der Waals surface area (Å²) in [6.45, 7) is 2.49. The molecule has 0 radical (unpaired) electrons. The Kier molecular flexibility index (Phi) is 4.21. The number of nitrogens with one attached hydrogen (secondary N) is 1. The molecule has 0 unspecified atom stereocenters. The van der Waals surface area contributed by atoms with Crippen molar-refractivity contribution >= 4 is 40.3 Å². The SMILES string of the molecule is CCOc1ccccc1-n1cc(/C=C2/SC(=S)NC2=O)nn1. The van der Waals surface area contributed by atoms with Crippen LogP contribution in [-0.2, 0) is 4.79 Å². The van der Waals surface area contributed by atoms with Gasteiger partial charge in [-0.15, -0.1) is 5.10 Å². The normalized spacial score (nSPS) is 16.1. The van der Waals surface area contributed by atoms with E-state index in [1.54, 1.807) is 17.0 Å². The highest BCUT2D eigenvalue weighted by atomic mass is 32.2. The summed E-state index contributed by atoms with van der Waals surface area (Å²) >= 11 is 6.16. The second-order valence-corrected chi connectivity index (χ2v) is 6.06. The van der Waals surface area contributed by atoms with Gasteiger partial charge in [-0.3, -0.25) is 4.79 Å². The van der Waals surface area contributed by atoms with Crippen molar-refractivity contribution in [1.29, 1.82) is 0 Å². The summed E-state index contributed by atoms with van der Waals surface area (Å²) < 4.78 is 7.64. The van der Waals surface area contributed by atoms with Crippen molar-refractivity contribution < 1.29 is 9.53 Å². The number of carbonyl (C=O) groups excluding carboxylic acids is 1. The first-order valence-electron chi connectivity index (χ1n) is 6.57. The highest BCUT2D eigenvalue weighted by molar-refractivity contribution is 8.26. The minimum Gasteiger partial charge on any atom is -0.492 e. The van der Waals surface area contributed by atoms with Crippen LogP contribution in [-0.4, -0.2) is 31.8 Å². The number of hydrogen-bond donors (Lipinski definition) is 1. The second-order valence-electron chi connectivity index (χ2n) is 4.34. The highest BCUT2D eigenvalue weighted by Gasteiger charge is 2.22. The van der Waals surface area contributed by atoms with Crippen LogP contribution in [0.1, 0.15) is 12.6 Å². The molecule has 6 nitrogen and oxygen atoms in total. The largest absolute Gasteiger partial charge is 0.492 e. The van der Waals surface area contributed by atoms with Crippen molar-refractivity contribution in [3.8, 4) is 11.4 Å². The van der Waals surface area contributed by atoms with Crippen molar-refractivity contribution in [2.24, 2.45) is 0 Å². The Balaban J connectivity index is 1.90. The molecule has 0 aliphatic carbocycles. The van der Waals surface area contributed by atoms with Crippen LogP contribution in [0.2, 0.25) is 0 Å². The van der Waals surface area contributed by atoms with Crippen LogP contribution in [0.3, 0.4) is 0 Å². The van der Waals surface area contributed by atoms with Gasteiger partial charge in [0.05, 0.1) is 17.7 Å². The summed E-state index contributed by atoms with van der Waals surface area (Å²) in [7, 11) is 0. The van der Waals surface area contributed by atoms with E-state index in [0.29, 0.717) is 21.5 Å². The molecule has 1 fully saturated rings. The van der Waals surface area contributed by atoms with Crippen molar-refractivity contribution in [3.05, 3.63) is 41.1 Å². The summed E-state index contributed by atoms with van der Waals surface area (Å²) in [6.07, 6.45) is 3.39. The molecule has 1 aromatic heterocycles. The molecule has 1 saturated heterocycles. The van der Waals surface area contributed by atoms with Crippen molar-refractivity contribution in [1.82, 2.24) is 20.3 Å². The van der Waals surface area contributed by atoms with Crippen molar-refractivity contribution in [3.63, 3.8) is 0 Å². The average molecular weight is 332 g/mol. The van der Waals surface area contributed by atoms with Crippen LogP contribution < -0.4 is 10.1 Å². The zero-order chi connectivity index (χ0) is 15.5. The van der Waals surface area contributed by atoms with E-state index >= 15 is 0 Å². The van der Waals surface area contributed by atoms with Gasteiger partial charge in [0.25, 0.3) is 5.91 Å². The number of para-hydroxylation sites is 2. The molecule has 8 heteroatoms. The molecule has 0 bridgehead atoms. The van der Waals surface area contributed by atoms with Gasteiger partial charge in [-0.05, 0) is 25.1 Å². The Morgan fingerprint density at radius 2 is 2.27 bits per heavy atom. The van der Waals surface area contributed by atoms with Gasteiger partial charge in [0.1, 0.15) is 21.5 Å². The van der Waals surface area contributed by atoms with Gasteiger partial charge in [0.2, 0.25) is 0 Å². The lowest BCUT2D eigenvalue weighted by Gasteiger charge is -2.08. The van der Waals surface area contributed by atoms with Crippen LogP contribution >= 0.6 is 24.0 Å². The monoisotopic (exact) mass is 332 g/mol. The van der Waals surface area contributed by atoms with Crippen LogP contribution in [0.5, 0.6) is 5.75 Å². The van der Waals surface area contributed by atoms with Crippen LogP contribution in [0.4, 0.5) is 0 Å². The predicted octanol–water partition coefficient (Wildman–Crippen LogP) is 2.15. The Morgan fingerprint density at radius 1 is 1.45 bits per heavy atom. The summed E-state index contributed by atoms with van der Waals surface area (Å²) in [4.78, 5) is 12.2. The lowest BCUT2D eigenvalue weighted by molar-refractivity contribution is -0.115. The molecular weight excluding hydrogens is 320 g/mol. The van der Waals surface area contributed by atoms with E-state index in [9.17, 15) is 4.79 Å². The molecule has 1 N–H and O–H groups in total. The van der Waals surface area contributed by atoms with Gasteiger partial charge in [0.15, 0.2) is 0 Å². The minimum atomic E-state index is -0.209. The van der Waals surface area contributed by atoms with Gasteiger partial charge in [-0.25, -0.2) is 4.68 Å². The van der Waals surface area contributed by atoms with Gasteiger partial charge in [-0.1, -0.05) is 41.3 Å². The number of carbonyl (C=O) groups is 1. The maximum Gasteiger partial charge on any atom is 0.263 e. The molecule has 2 heterocycles. The molecule has 112 valence electrons. The summed E-state index contributed by atoms with van der Waals surface area (Å²) in [6, 6.07) is 7.56. The first-order chi connectivity index (χ1) is 10.7. The molecule has 2 aromatic rings. The topological polar surface area (TPSA) is 69.0 Å². The molecule has 0 spiro atoms. The quantitative estimate of drug-likeness (QED) is 0.683. The Hall–Kier alpha value is -2.19. The van der Waals surface area contributed by atoms with Gasteiger partial charge in [-0.2, -0.15) is 0 Å². The summed E-state index contributed by atoms with van der Waals surface area (Å²) in [5.41, 5.74) is 1.37. The predicted molar refractivity (Wildman–Crippen MR) is 88.8 cm³/mol. The molecule has 3 rings (SSSR count). The second kappa shape index (κ2) is 6.29. The molecule has 1 aliphatic heterocycles. The van der Waals surface area contributed by atoms with E-state index in [4.69, 9.17) is 17.0 Å². The zero-order valence-corrected chi connectivity index (χ0v) is 13.3. The van der Waals surface area contributed by atoms with E-state index in [1.165, 1.54) is 11.8 Å². The van der Waals surface area contributed by atoms with E-state index in [-0.39, 0.29) is 5.91 Å². The number of rotatable bonds is 4. The third kappa shape index (κ3) is 3.02. The molecule has 0 saturated carbocycles. The molecular formula is C14H12N4O2S2. The number of thioether (sulfide) groups is 1. The smallest absolute Gasteiger partial charge is 0.263 e. The third-order valence-corrected chi connectivity index (χ3v) is 4.01. The Morgan fingerprint density at radius 3 is 3.00 bits per heavy atom. The molecule has 0 atom stereocenters.